The zero-order valence-corrected chi connectivity index (χ0v) is 20.0. The lowest BCUT2D eigenvalue weighted by atomic mass is 9.94. The summed E-state index contributed by atoms with van der Waals surface area (Å²) >= 11 is 3.64. The van der Waals surface area contributed by atoms with Crippen molar-refractivity contribution in [1.29, 1.82) is 0 Å². The summed E-state index contributed by atoms with van der Waals surface area (Å²) in [4.78, 5) is 2.46. The van der Waals surface area contributed by atoms with Crippen molar-refractivity contribution in [1.82, 2.24) is 0 Å². The first-order valence-electron chi connectivity index (χ1n) is 11.3. The smallest absolute Gasteiger partial charge is 0.103 e. The number of thioether (sulfide) groups is 2. The highest BCUT2D eigenvalue weighted by Gasteiger charge is 2.43. The predicted octanol–water partition coefficient (Wildman–Crippen LogP) is 8.70. The molecular formula is C30H24OS2. The lowest BCUT2D eigenvalue weighted by molar-refractivity contribution is 0.161. The molecule has 0 saturated heterocycles. The largest absolute Gasteiger partial charge is 0.386 e. The molecule has 0 fully saturated rings. The van der Waals surface area contributed by atoms with Gasteiger partial charge in [0.15, 0.2) is 0 Å². The Morgan fingerprint density at radius 3 is 1.64 bits per heavy atom. The van der Waals surface area contributed by atoms with Gasteiger partial charge in [-0.2, -0.15) is 0 Å². The second-order valence-corrected chi connectivity index (χ2v) is 11.5. The Morgan fingerprint density at radius 1 is 0.636 bits per heavy atom. The molecule has 1 N–H and O–H groups in total. The first-order valence-corrected chi connectivity index (χ1v) is 13.0. The van der Waals surface area contributed by atoms with Crippen molar-refractivity contribution >= 4 is 45.1 Å². The molecule has 1 atom stereocenters. The van der Waals surface area contributed by atoms with Gasteiger partial charge in [0, 0.05) is 20.9 Å². The standard InChI is InChI=1S/C30H24OS2/c1-2-30(29(31)22-12-4-3-5-13-22)32-25-18-16-20-10-6-8-14-23(20)27(25)28-24-15-9-7-11-21(24)17-19-26(28)33-30/h3-19,29,31H,2H2,1H3/t29-/m1/s1. The molecule has 5 aromatic rings. The Morgan fingerprint density at radius 2 is 1.12 bits per heavy atom. The number of benzene rings is 5. The molecule has 0 aromatic heterocycles. The van der Waals surface area contributed by atoms with E-state index in [9.17, 15) is 5.11 Å². The van der Waals surface area contributed by atoms with Crippen LogP contribution in [0.1, 0.15) is 25.0 Å². The van der Waals surface area contributed by atoms with Crippen LogP contribution >= 0.6 is 23.5 Å². The fourth-order valence-electron chi connectivity index (χ4n) is 4.92. The molecular weight excluding hydrogens is 440 g/mol. The van der Waals surface area contributed by atoms with Crippen molar-refractivity contribution in [2.75, 3.05) is 0 Å². The number of aliphatic hydroxyl groups is 1. The quantitative estimate of drug-likeness (QED) is 0.288. The second kappa shape index (κ2) is 8.25. The van der Waals surface area contributed by atoms with E-state index in [0.29, 0.717) is 0 Å². The average Bonchev–Trinajstić information content (AvgIpc) is 3.04. The lowest BCUT2D eigenvalue weighted by Gasteiger charge is -2.35. The molecule has 0 radical (unpaired) electrons. The number of fused-ring (bicyclic) bond motifs is 7. The topological polar surface area (TPSA) is 20.2 Å². The number of rotatable bonds is 3. The summed E-state index contributed by atoms with van der Waals surface area (Å²) < 4.78 is -0.438. The molecule has 0 saturated carbocycles. The molecule has 0 unspecified atom stereocenters. The van der Waals surface area contributed by atoms with Crippen molar-refractivity contribution in [3.05, 3.63) is 109 Å². The third-order valence-electron chi connectivity index (χ3n) is 6.62. The van der Waals surface area contributed by atoms with Crippen molar-refractivity contribution < 1.29 is 5.11 Å². The van der Waals surface area contributed by atoms with Gasteiger partial charge in [0.1, 0.15) is 10.2 Å². The highest BCUT2D eigenvalue weighted by Crippen LogP contribution is 2.61. The van der Waals surface area contributed by atoms with E-state index < -0.39 is 10.2 Å². The first-order chi connectivity index (χ1) is 16.2. The Labute approximate surface area is 202 Å². The maximum absolute atomic E-state index is 11.8. The van der Waals surface area contributed by atoms with E-state index in [1.165, 1.54) is 42.5 Å². The van der Waals surface area contributed by atoms with E-state index >= 15 is 0 Å². The number of aliphatic hydroxyl groups excluding tert-OH is 1. The normalized spacial score (nSPS) is 15.6. The van der Waals surface area contributed by atoms with Crippen molar-refractivity contribution in [3.63, 3.8) is 0 Å². The number of hydrogen-bond donors (Lipinski definition) is 1. The van der Waals surface area contributed by atoms with Gasteiger partial charge in [-0.25, -0.2) is 0 Å². The van der Waals surface area contributed by atoms with E-state index in [1.54, 1.807) is 0 Å². The van der Waals surface area contributed by atoms with E-state index in [2.05, 4.69) is 79.7 Å². The van der Waals surface area contributed by atoms with Gasteiger partial charge in [-0.15, -0.1) is 23.5 Å². The third-order valence-corrected chi connectivity index (χ3v) is 9.96. The van der Waals surface area contributed by atoms with Crippen LogP contribution < -0.4 is 0 Å². The van der Waals surface area contributed by atoms with Gasteiger partial charge >= 0.3 is 0 Å². The molecule has 6 rings (SSSR count). The molecule has 0 amide bonds. The van der Waals surface area contributed by atoms with Crippen molar-refractivity contribution in [3.8, 4) is 11.1 Å². The van der Waals surface area contributed by atoms with E-state index in [4.69, 9.17) is 0 Å². The van der Waals surface area contributed by atoms with E-state index in [0.717, 1.165) is 12.0 Å². The minimum atomic E-state index is -0.601. The summed E-state index contributed by atoms with van der Waals surface area (Å²) in [5, 5.41) is 16.8. The van der Waals surface area contributed by atoms with Gasteiger partial charge < -0.3 is 5.11 Å². The summed E-state index contributed by atoms with van der Waals surface area (Å²) in [5.74, 6) is 0. The van der Waals surface area contributed by atoms with Gasteiger partial charge in [0.05, 0.1) is 0 Å². The average molecular weight is 465 g/mol. The zero-order chi connectivity index (χ0) is 22.4. The SMILES string of the molecule is CCC1([C@H](O)c2ccccc2)Sc2ccc3ccccc3c2-c2c(ccc3ccccc23)S1. The highest BCUT2D eigenvalue weighted by atomic mass is 32.2. The summed E-state index contributed by atoms with van der Waals surface area (Å²) in [6.45, 7) is 2.19. The molecule has 3 heteroatoms. The Bertz CT molecular complexity index is 1390. The number of hydrogen-bond acceptors (Lipinski definition) is 3. The molecule has 0 spiro atoms. The van der Waals surface area contributed by atoms with Gasteiger partial charge in [0.25, 0.3) is 0 Å². The summed E-state index contributed by atoms with van der Waals surface area (Å²) in [6, 6.07) is 36.4. The van der Waals surface area contributed by atoms with Gasteiger partial charge in [0.2, 0.25) is 0 Å². The van der Waals surface area contributed by atoms with Crippen LogP contribution in [-0.2, 0) is 0 Å². The minimum Gasteiger partial charge on any atom is -0.386 e. The molecule has 1 aliphatic rings. The Kier molecular flexibility index (Phi) is 5.21. The van der Waals surface area contributed by atoms with Crippen LogP contribution in [0.25, 0.3) is 32.7 Å². The molecule has 0 aliphatic carbocycles. The van der Waals surface area contributed by atoms with Crippen LogP contribution in [0.4, 0.5) is 0 Å². The molecule has 1 nitrogen and oxygen atoms in total. The van der Waals surface area contributed by atoms with Crippen LogP contribution in [-0.4, -0.2) is 9.19 Å². The molecule has 1 heterocycles. The first kappa shape index (κ1) is 20.9. The monoisotopic (exact) mass is 464 g/mol. The van der Waals surface area contributed by atoms with E-state index in [-0.39, 0.29) is 0 Å². The fourth-order valence-corrected chi connectivity index (χ4v) is 8.05. The maximum Gasteiger partial charge on any atom is 0.103 e. The summed E-state index contributed by atoms with van der Waals surface area (Å²) in [5.41, 5.74) is 3.53. The minimum absolute atomic E-state index is 0.438. The molecule has 5 aromatic carbocycles. The van der Waals surface area contributed by atoms with Gasteiger partial charge in [-0.1, -0.05) is 97.9 Å². The molecule has 0 bridgehead atoms. The zero-order valence-electron chi connectivity index (χ0n) is 18.4. The van der Waals surface area contributed by atoms with Crippen molar-refractivity contribution in [2.24, 2.45) is 0 Å². The summed E-state index contributed by atoms with van der Waals surface area (Å²) in [6.07, 6.45) is 0.229. The predicted molar refractivity (Wildman–Crippen MR) is 143 cm³/mol. The van der Waals surface area contributed by atoms with Crippen LogP contribution in [0.5, 0.6) is 0 Å². The van der Waals surface area contributed by atoms with Gasteiger partial charge in [-0.05, 0) is 45.7 Å². The second-order valence-electron chi connectivity index (χ2n) is 8.50. The Balaban J connectivity index is 1.69. The molecule has 33 heavy (non-hydrogen) atoms. The summed E-state index contributed by atoms with van der Waals surface area (Å²) in [7, 11) is 0. The van der Waals surface area contributed by atoms with Crippen LogP contribution in [0.15, 0.2) is 113 Å². The van der Waals surface area contributed by atoms with E-state index in [1.807, 2.05) is 53.9 Å². The van der Waals surface area contributed by atoms with Gasteiger partial charge in [-0.3, -0.25) is 0 Å². The van der Waals surface area contributed by atoms with Crippen LogP contribution in [0.2, 0.25) is 0 Å². The lowest BCUT2D eigenvalue weighted by Crippen LogP contribution is -2.28. The Hall–Kier alpha value is -2.72. The third kappa shape index (κ3) is 3.38. The van der Waals surface area contributed by atoms with Crippen LogP contribution in [0, 0.1) is 0 Å². The molecule has 1 aliphatic heterocycles. The molecule has 162 valence electrons. The highest BCUT2D eigenvalue weighted by molar-refractivity contribution is 8.18. The fraction of sp³-hybridized carbons (Fsp3) is 0.133. The maximum atomic E-state index is 11.8. The van der Waals surface area contributed by atoms with Crippen molar-refractivity contribution in [2.45, 2.75) is 33.3 Å². The van der Waals surface area contributed by atoms with Crippen LogP contribution in [0.3, 0.4) is 0 Å².